The molecule has 0 radical (unpaired) electrons. The number of aryl methyl sites for hydroxylation is 3. The molecule has 18 heavy (non-hydrogen) atoms. The second kappa shape index (κ2) is 5.21. The topological polar surface area (TPSA) is 27.1 Å². The lowest BCUT2D eigenvalue weighted by Crippen LogP contribution is -2.03. The molecule has 1 heterocycles. The second-order valence-corrected chi connectivity index (χ2v) is 4.30. The van der Waals surface area contributed by atoms with Gasteiger partial charge in [0.25, 0.3) is 0 Å². The molecule has 0 atom stereocenters. The molecule has 0 N–H and O–H groups in total. The molecule has 2 rings (SSSR count). The highest BCUT2D eigenvalue weighted by molar-refractivity contribution is 5.28. The summed E-state index contributed by atoms with van der Waals surface area (Å²) >= 11 is 0. The third kappa shape index (κ3) is 2.70. The summed E-state index contributed by atoms with van der Waals surface area (Å²) in [6.07, 6.45) is 0.896. The van der Waals surface area contributed by atoms with Gasteiger partial charge in [0.05, 0.1) is 11.4 Å². The average molecular weight is 248 g/mol. The van der Waals surface area contributed by atoms with Crippen molar-refractivity contribution in [3.05, 3.63) is 47.0 Å². The normalized spacial score (nSPS) is 10.7. The van der Waals surface area contributed by atoms with E-state index in [1.165, 1.54) is 6.07 Å². The molecule has 0 aliphatic carbocycles. The van der Waals surface area contributed by atoms with Gasteiger partial charge in [-0.25, -0.2) is 4.39 Å². The summed E-state index contributed by atoms with van der Waals surface area (Å²) in [7, 11) is 1.88. The van der Waals surface area contributed by atoms with E-state index in [0.29, 0.717) is 17.9 Å². The van der Waals surface area contributed by atoms with Gasteiger partial charge in [-0.1, -0.05) is 13.0 Å². The van der Waals surface area contributed by atoms with Crippen molar-refractivity contribution in [2.24, 2.45) is 7.05 Å². The number of hydrogen-bond donors (Lipinski definition) is 0. The highest BCUT2D eigenvalue weighted by Gasteiger charge is 2.05. The molecule has 4 heteroatoms. The fraction of sp³-hybridized carbons (Fsp3) is 0.357. The molecule has 0 aliphatic heterocycles. The van der Waals surface area contributed by atoms with Gasteiger partial charge in [0.1, 0.15) is 18.2 Å². The summed E-state index contributed by atoms with van der Waals surface area (Å²) in [4.78, 5) is 0. The lowest BCUT2D eigenvalue weighted by Gasteiger charge is -2.07. The van der Waals surface area contributed by atoms with Crippen molar-refractivity contribution in [3.8, 4) is 5.75 Å². The number of rotatable bonds is 4. The van der Waals surface area contributed by atoms with Gasteiger partial charge in [-0.15, -0.1) is 0 Å². The Morgan fingerprint density at radius 2 is 2.11 bits per heavy atom. The van der Waals surface area contributed by atoms with E-state index in [0.717, 1.165) is 17.8 Å². The van der Waals surface area contributed by atoms with E-state index < -0.39 is 0 Å². The monoisotopic (exact) mass is 248 g/mol. The number of hydrogen-bond acceptors (Lipinski definition) is 2. The Morgan fingerprint density at radius 3 is 2.72 bits per heavy atom. The Kier molecular flexibility index (Phi) is 3.65. The summed E-state index contributed by atoms with van der Waals surface area (Å²) < 4.78 is 20.7. The molecular weight excluding hydrogens is 231 g/mol. The van der Waals surface area contributed by atoms with Crippen LogP contribution in [0, 0.1) is 12.7 Å². The molecule has 0 saturated heterocycles. The van der Waals surface area contributed by atoms with Crippen LogP contribution in [0.15, 0.2) is 24.3 Å². The minimum atomic E-state index is -0.244. The van der Waals surface area contributed by atoms with Crippen molar-refractivity contribution in [3.63, 3.8) is 0 Å². The van der Waals surface area contributed by atoms with Gasteiger partial charge in [0.2, 0.25) is 0 Å². The van der Waals surface area contributed by atoms with E-state index in [1.807, 2.05) is 13.1 Å². The molecule has 1 aromatic heterocycles. The zero-order chi connectivity index (χ0) is 13.1. The van der Waals surface area contributed by atoms with Crippen LogP contribution in [0.1, 0.15) is 23.9 Å². The van der Waals surface area contributed by atoms with Crippen LogP contribution < -0.4 is 4.74 Å². The van der Waals surface area contributed by atoms with Crippen LogP contribution in [0.25, 0.3) is 0 Å². The van der Waals surface area contributed by atoms with Gasteiger partial charge in [0.15, 0.2) is 0 Å². The largest absolute Gasteiger partial charge is 0.487 e. The van der Waals surface area contributed by atoms with Crippen molar-refractivity contribution in [1.82, 2.24) is 9.78 Å². The molecule has 2 aromatic rings. The van der Waals surface area contributed by atoms with Gasteiger partial charge < -0.3 is 4.74 Å². The van der Waals surface area contributed by atoms with Crippen molar-refractivity contribution in [2.45, 2.75) is 26.9 Å². The summed E-state index contributed by atoms with van der Waals surface area (Å²) in [5.41, 5.74) is 2.63. The first-order valence-corrected chi connectivity index (χ1v) is 6.01. The molecular formula is C14H17FN2O. The first kappa shape index (κ1) is 12.6. The Labute approximate surface area is 106 Å². The lowest BCUT2D eigenvalue weighted by molar-refractivity contribution is 0.293. The predicted molar refractivity (Wildman–Crippen MR) is 68.1 cm³/mol. The maximum Gasteiger partial charge on any atom is 0.130 e. The van der Waals surface area contributed by atoms with Crippen LogP contribution in [0.2, 0.25) is 0 Å². The maximum atomic E-state index is 13.3. The fourth-order valence-electron chi connectivity index (χ4n) is 1.70. The number of aromatic nitrogens is 2. The zero-order valence-electron chi connectivity index (χ0n) is 10.9. The van der Waals surface area contributed by atoms with Crippen LogP contribution in [0.4, 0.5) is 4.39 Å². The maximum absolute atomic E-state index is 13.3. The molecule has 0 saturated carbocycles. The highest BCUT2D eigenvalue weighted by Crippen LogP contribution is 2.17. The predicted octanol–water partition coefficient (Wildman–Crippen LogP) is 3.01. The Hall–Kier alpha value is -1.84. The van der Waals surface area contributed by atoms with E-state index in [9.17, 15) is 4.39 Å². The van der Waals surface area contributed by atoms with E-state index >= 15 is 0 Å². The van der Waals surface area contributed by atoms with Gasteiger partial charge in [-0.05, 0) is 31.0 Å². The van der Waals surface area contributed by atoms with Crippen LogP contribution in [-0.2, 0) is 20.1 Å². The smallest absolute Gasteiger partial charge is 0.130 e. The minimum absolute atomic E-state index is 0.244. The van der Waals surface area contributed by atoms with Crippen LogP contribution in [0.3, 0.4) is 0 Å². The fourth-order valence-corrected chi connectivity index (χ4v) is 1.70. The summed E-state index contributed by atoms with van der Waals surface area (Å²) in [5.74, 6) is 0.295. The number of nitrogens with zero attached hydrogens (tertiary/aromatic N) is 2. The van der Waals surface area contributed by atoms with E-state index in [2.05, 4.69) is 12.0 Å². The molecule has 0 unspecified atom stereocenters. The van der Waals surface area contributed by atoms with Gasteiger partial charge in [-0.2, -0.15) is 5.10 Å². The summed E-state index contributed by atoms with van der Waals surface area (Å²) in [6, 6.07) is 6.90. The number of ether oxygens (including phenoxy) is 1. The lowest BCUT2D eigenvalue weighted by atomic mass is 10.2. The SMILES string of the molecule is CCc1cc(COc2ccc(C)c(F)c2)n(C)n1. The third-order valence-electron chi connectivity index (χ3n) is 2.92. The van der Waals surface area contributed by atoms with Crippen LogP contribution in [0.5, 0.6) is 5.75 Å². The van der Waals surface area contributed by atoms with Gasteiger partial charge in [0, 0.05) is 13.1 Å². The number of benzene rings is 1. The van der Waals surface area contributed by atoms with E-state index in [4.69, 9.17) is 4.74 Å². The first-order chi connectivity index (χ1) is 8.60. The van der Waals surface area contributed by atoms with Crippen molar-refractivity contribution < 1.29 is 9.13 Å². The zero-order valence-corrected chi connectivity index (χ0v) is 10.9. The molecule has 3 nitrogen and oxygen atoms in total. The van der Waals surface area contributed by atoms with Crippen LogP contribution >= 0.6 is 0 Å². The molecule has 0 fully saturated rings. The summed E-state index contributed by atoms with van der Waals surface area (Å²) in [6.45, 7) is 4.18. The third-order valence-corrected chi connectivity index (χ3v) is 2.92. The first-order valence-electron chi connectivity index (χ1n) is 6.01. The van der Waals surface area contributed by atoms with E-state index in [-0.39, 0.29) is 5.82 Å². The summed E-state index contributed by atoms with van der Waals surface area (Å²) in [5, 5.41) is 4.34. The van der Waals surface area contributed by atoms with E-state index in [1.54, 1.807) is 23.7 Å². The molecule has 0 spiro atoms. The van der Waals surface area contributed by atoms with Crippen molar-refractivity contribution in [1.29, 1.82) is 0 Å². The van der Waals surface area contributed by atoms with Gasteiger partial charge >= 0.3 is 0 Å². The minimum Gasteiger partial charge on any atom is -0.487 e. The quantitative estimate of drug-likeness (QED) is 0.831. The Balaban J connectivity index is 2.06. The Morgan fingerprint density at radius 1 is 1.33 bits per heavy atom. The molecule has 0 bridgehead atoms. The molecule has 0 aliphatic rings. The second-order valence-electron chi connectivity index (χ2n) is 4.30. The van der Waals surface area contributed by atoms with Crippen molar-refractivity contribution >= 4 is 0 Å². The van der Waals surface area contributed by atoms with Crippen molar-refractivity contribution in [2.75, 3.05) is 0 Å². The molecule has 96 valence electrons. The van der Waals surface area contributed by atoms with Crippen LogP contribution in [-0.4, -0.2) is 9.78 Å². The molecule has 0 amide bonds. The highest BCUT2D eigenvalue weighted by atomic mass is 19.1. The molecule has 1 aromatic carbocycles. The average Bonchev–Trinajstić information content (AvgIpc) is 2.72. The Bertz CT molecular complexity index is 549. The standard InChI is InChI=1S/C14H17FN2O/c1-4-11-7-12(17(3)16-11)9-18-13-6-5-10(2)14(15)8-13/h5-8H,4,9H2,1-3H3. The number of halogens is 1. The van der Waals surface area contributed by atoms with Gasteiger partial charge in [-0.3, -0.25) is 4.68 Å².